The number of rotatable bonds is 2. The van der Waals surface area contributed by atoms with Crippen molar-refractivity contribution < 1.29 is 9.90 Å². The number of aromatic carboxylic acids is 1. The summed E-state index contributed by atoms with van der Waals surface area (Å²) in [5.74, 6) is -1.06. The average molecular weight is 274 g/mol. The number of carboxylic acid groups (broad SMARTS) is 1. The molecule has 2 heterocycles. The summed E-state index contributed by atoms with van der Waals surface area (Å²) < 4.78 is 1.36. The highest BCUT2D eigenvalue weighted by Crippen LogP contribution is 2.24. The van der Waals surface area contributed by atoms with Gasteiger partial charge in [-0.3, -0.25) is 0 Å². The lowest BCUT2D eigenvalue weighted by molar-refractivity contribution is 0.0696. The van der Waals surface area contributed by atoms with Gasteiger partial charge in [0.05, 0.1) is 11.9 Å². The van der Waals surface area contributed by atoms with Gasteiger partial charge < -0.3 is 5.11 Å². The number of hydrogen-bond donors (Lipinski definition) is 1. The number of carboxylic acids is 1. The highest BCUT2D eigenvalue weighted by molar-refractivity contribution is 6.33. The molecule has 0 unspecified atom stereocenters. The van der Waals surface area contributed by atoms with E-state index in [0.717, 1.165) is 5.56 Å². The van der Waals surface area contributed by atoms with Gasteiger partial charge in [0.15, 0.2) is 5.65 Å². The third-order valence-electron chi connectivity index (χ3n) is 2.73. The molecule has 0 saturated carbocycles. The Hall–Kier alpha value is -2.40. The molecule has 0 atom stereocenters. The molecular weight excluding hydrogens is 266 g/mol. The Kier molecular flexibility index (Phi) is 2.68. The van der Waals surface area contributed by atoms with Gasteiger partial charge in [-0.25, -0.2) is 14.3 Å². The summed E-state index contributed by atoms with van der Waals surface area (Å²) in [6, 6.07) is 9.11. The highest BCUT2D eigenvalue weighted by Gasteiger charge is 2.16. The molecule has 19 heavy (non-hydrogen) atoms. The minimum absolute atomic E-state index is 0.0819. The van der Waals surface area contributed by atoms with Crippen molar-refractivity contribution in [2.24, 2.45) is 0 Å². The summed E-state index contributed by atoms with van der Waals surface area (Å²) in [6.07, 6.45) is 2.85. The molecule has 0 spiro atoms. The van der Waals surface area contributed by atoms with Gasteiger partial charge in [-0.15, -0.1) is 0 Å². The Morgan fingerprint density at radius 1 is 1.26 bits per heavy atom. The average Bonchev–Trinajstić information content (AvgIpc) is 2.79. The molecule has 6 heteroatoms. The minimum Gasteiger partial charge on any atom is -0.478 e. The van der Waals surface area contributed by atoms with Crippen LogP contribution >= 0.6 is 11.6 Å². The smallest absolute Gasteiger partial charge is 0.339 e. The normalized spacial score (nSPS) is 10.8. The van der Waals surface area contributed by atoms with Crippen molar-refractivity contribution in [2.75, 3.05) is 0 Å². The van der Waals surface area contributed by atoms with Crippen LogP contribution in [0.4, 0.5) is 0 Å². The van der Waals surface area contributed by atoms with Crippen molar-refractivity contribution in [2.45, 2.75) is 0 Å². The molecule has 3 aromatic rings. The molecule has 94 valence electrons. The molecular formula is C13H8ClN3O2. The maximum atomic E-state index is 11.3. The van der Waals surface area contributed by atoms with E-state index in [9.17, 15) is 9.90 Å². The van der Waals surface area contributed by atoms with E-state index in [-0.39, 0.29) is 5.56 Å². The van der Waals surface area contributed by atoms with Crippen LogP contribution in [0.3, 0.4) is 0 Å². The SMILES string of the molecule is O=C(O)c1cn2ncc(Cl)c2nc1-c1ccccc1. The summed E-state index contributed by atoms with van der Waals surface area (Å²) in [7, 11) is 0. The zero-order chi connectivity index (χ0) is 13.4. The Bertz CT molecular complexity index is 768. The molecule has 0 aliphatic heterocycles. The van der Waals surface area contributed by atoms with Crippen molar-refractivity contribution in [3.8, 4) is 11.3 Å². The molecule has 2 aromatic heterocycles. The fourth-order valence-electron chi connectivity index (χ4n) is 1.86. The molecule has 1 N–H and O–H groups in total. The van der Waals surface area contributed by atoms with Gasteiger partial charge in [0.2, 0.25) is 0 Å². The number of hydrogen-bond acceptors (Lipinski definition) is 3. The highest BCUT2D eigenvalue weighted by atomic mass is 35.5. The standard InChI is InChI=1S/C13H8ClN3O2/c14-10-6-15-17-7-9(13(18)19)11(16-12(10)17)8-4-2-1-3-5-8/h1-7H,(H,18,19). The van der Waals surface area contributed by atoms with E-state index in [1.54, 1.807) is 12.1 Å². The van der Waals surface area contributed by atoms with Crippen LogP contribution in [0.15, 0.2) is 42.7 Å². The van der Waals surface area contributed by atoms with Crippen molar-refractivity contribution >= 4 is 23.2 Å². The zero-order valence-corrected chi connectivity index (χ0v) is 10.4. The van der Waals surface area contributed by atoms with E-state index < -0.39 is 5.97 Å². The predicted octanol–water partition coefficient (Wildman–Crippen LogP) is 2.75. The molecule has 0 amide bonds. The van der Waals surface area contributed by atoms with Crippen molar-refractivity contribution in [3.63, 3.8) is 0 Å². The fourth-order valence-corrected chi connectivity index (χ4v) is 2.03. The van der Waals surface area contributed by atoms with E-state index in [1.807, 2.05) is 18.2 Å². The van der Waals surface area contributed by atoms with Gasteiger partial charge >= 0.3 is 5.97 Å². The summed E-state index contributed by atoms with van der Waals surface area (Å²) in [6.45, 7) is 0. The molecule has 0 bridgehead atoms. The molecule has 0 radical (unpaired) electrons. The van der Waals surface area contributed by atoms with Gasteiger partial charge in [-0.1, -0.05) is 41.9 Å². The number of benzene rings is 1. The second kappa shape index (κ2) is 4.37. The lowest BCUT2D eigenvalue weighted by atomic mass is 10.1. The largest absolute Gasteiger partial charge is 0.478 e. The van der Waals surface area contributed by atoms with Crippen LogP contribution in [0.1, 0.15) is 10.4 Å². The Morgan fingerprint density at radius 3 is 2.68 bits per heavy atom. The van der Waals surface area contributed by atoms with Gasteiger partial charge in [0, 0.05) is 11.8 Å². The Balaban J connectivity index is 2.35. The summed E-state index contributed by atoms with van der Waals surface area (Å²) in [5, 5.41) is 13.6. The van der Waals surface area contributed by atoms with Gasteiger partial charge in [-0.05, 0) is 0 Å². The molecule has 0 aliphatic rings. The van der Waals surface area contributed by atoms with Gasteiger partial charge in [0.25, 0.3) is 0 Å². The summed E-state index contributed by atoms with van der Waals surface area (Å²) in [5.41, 5.74) is 1.62. The van der Waals surface area contributed by atoms with Crippen LogP contribution in [0.5, 0.6) is 0 Å². The van der Waals surface area contributed by atoms with E-state index in [2.05, 4.69) is 10.1 Å². The third kappa shape index (κ3) is 1.94. The van der Waals surface area contributed by atoms with Crippen molar-refractivity contribution in [1.29, 1.82) is 0 Å². The van der Waals surface area contributed by atoms with E-state index >= 15 is 0 Å². The van der Waals surface area contributed by atoms with Gasteiger partial charge in [-0.2, -0.15) is 5.10 Å². The zero-order valence-electron chi connectivity index (χ0n) is 9.62. The van der Waals surface area contributed by atoms with Crippen molar-refractivity contribution in [3.05, 3.63) is 53.3 Å². The predicted molar refractivity (Wildman–Crippen MR) is 70.4 cm³/mol. The summed E-state index contributed by atoms with van der Waals surface area (Å²) in [4.78, 5) is 15.6. The molecule has 3 rings (SSSR count). The van der Waals surface area contributed by atoms with E-state index in [1.165, 1.54) is 16.9 Å². The van der Waals surface area contributed by atoms with E-state index in [0.29, 0.717) is 16.4 Å². The molecule has 0 fully saturated rings. The second-order valence-electron chi connectivity index (χ2n) is 3.94. The van der Waals surface area contributed by atoms with Crippen molar-refractivity contribution in [1.82, 2.24) is 14.6 Å². The molecule has 1 aromatic carbocycles. The number of fused-ring (bicyclic) bond motifs is 1. The van der Waals surface area contributed by atoms with Gasteiger partial charge in [0.1, 0.15) is 10.6 Å². The first-order valence-corrected chi connectivity index (χ1v) is 5.87. The number of carbonyl (C=O) groups is 1. The molecule has 5 nitrogen and oxygen atoms in total. The van der Waals surface area contributed by atoms with Crippen LogP contribution in [-0.2, 0) is 0 Å². The monoisotopic (exact) mass is 273 g/mol. The lowest BCUT2D eigenvalue weighted by Crippen LogP contribution is -2.05. The first-order valence-electron chi connectivity index (χ1n) is 5.49. The van der Waals surface area contributed by atoms with Crippen LogP contribution < -0.4 is 0 Å². The first kappa shape index (κ1) is 11.7. The number of aromatic nitrogens is 3. The Morgan fingerprint density at radius 2 is 2.00 bits per heavy atom. The molecule has 0 aliphatic carbocycles. The Labute approximate surface area is 113 Å². The quantitative estimate of drug-likeness (QED) is 0.779. The maximum absolute atomic E-state index is 11.3. The first-order chi connectivity index (χ1) is 9.16. The second-order valence-corrected chi connectivity index (χ2v) is 4.34. The van der Waals surface area contributed by atoms with Crippen LogP contribution in [0, 0.1) is 0 Å². The van der Waals surface area contributed by atoms with Crippen LogP contribution in [0.25, 0.3) is 16.9 Å². The van der Waals surface area contributed by atoms with Crippen LogP contribution in [0.2, 0.25) is 5.02 Å². The van der Waals surface area contributed by atoms with Crippen LogP contribution in [-0.4, -0.2) is 25.7 Å². The maximum Gasteiger partial charge on any atom is 0.339 e. The van der Waals surface area contributed by atoms with E-state index in [4.69, 9.17) is 11.6 Å². The lowest BCUT2D eigenvalue weighted by Gasteiger charge is -2.06. The number of halogens is 1. The number of nitrogens with zero attached hydrogens (tertiary/aromatic N) is 3. The summed E-state index contributed by atoms with van der Waals surface area (Å²) >= 11 is 5.97. The topological polar surface area (TPSA) is 67.5 Å². The molecule has 0 saturated heterocycles. The fraction of sp³-hybridized carbons (Fsp3) is 0. The minimum atomic E-state index is -1.06. The third-order valence-corrected chi connectivity index (χ3v) is 2.99.